The van der Waals surface area contributed by atoms with Gasteiger partial charge in [0.2, 0.25) is 0 Å². The first-order chi connectivity index (χ1) is 7.66. The van der Waals surface area contributed by atoms with Crippen LogP contribution in [0.25, 0.3) is 10.4 Å². The Bertz CT molecular complexity index is 521. The van der Waals surface area contributed by atoms with Crippen LogP contribution in [-0.2, 0) is 0 Å². The number of carboxylic acids is 1. The Balaban J connectivity index is 3.11. The molecule has 0 bridgehead atoms. The third-order valence-corrected chi connectivity index (χ3v) is 1.75. The van der Waals surface area contributed by atoms with Gasteiger partial charge in [-0.3, -0.25) is 0 Å². The Morgan fingerprint density at radius 2 is 2.38 bits per heavy atom. The van der Waals surface area contributed by atoms with Crippen molar-refractivity contribution in [3.8, 4) is 11.8 Å². The minimum absolute atomic E-state index is 0.00957. The SMILES string of the molecule is [N-]=[N+]=NCC#Cc1cccc(N)c1C(=O)O. The molecule has 0 radical (unpaired) electrons. The summed E-state index contributed by atoms with van der Waals surface area (Å²) in [6.45, 7) is -0.00957. The molecule has 0 aromatic heterocycles. The summed E-state index contributed by atoms with van der Waals surface area (Å²) in [5, 5.41) is 12.1. The van der Waals surface area contributed by atoms with Gasteiger partial charge in [-0.05, 0) is 17.7 Å². The largest absolute Gasteiger partial charge is 0.478 e. The van der Waals surface area contributed by atoms with Crippen LogP contribution in [0.5, 0.6) is 0 Å². The zero-order valence-electron chi connectivity index (χ0n) is 8.21. The summed E-state index contributed by atoms with van der Waals surface area (Å²) in [5.41, 5.74) is 14.0. The van der Waals surface area contributed by atoms with Crippen LogP contribution < -0.4 is 5.73 Å². The highest BCUT2D eigenvalue weighted by Gasteiger charge is 2.11. The number of carbonyl (C=O) groups is 1. The average Bonchev–Trinajstić information content (AvgIpc) is 2.24. The maximum absolute atomic E-state index is 10.9. The molecule has 16 heavy (non-hydrogen) atoms. The van der Waals surface area contributed by atoms with E-state index in [-0.39, 0.29) is 17.8 Å². The number of nitrogens with two attached hydrogens (primary N) is 1. The van der Waals surface area contributed by atoms with Crippen LogP contribution in [0.3, 0.4) is 0 Å². The molecule has 80 valence electrons. The lowest BCUT2D eigenvalue weighted by Gasteiger charge is -2.02. The van der Waals surface area contributed by atoms with Crippen molar-refractivity contribution in [2.24, 2.45) is 5.11 Å². The van der Waals surface area contributed by atoms with Gasteiger partial charge in [-0.25, -0.2) is 4.79 Å². The second-order valence-electron chi connectivity index (χ2n) is 2.77. The molecule has 0 unspecified atom stereocenters. The minimum Gasteiger partial charge on any atom is -0.478 e. The highest BCUT2D eigenvalue weighted by molar-refractivity contribution is 5.96. The second-order valence-corrected chi connectivity index (χ2v) is 2.77. The van der Waals surface area contributed by atoms with Crippen LogP contribution in [0, 0.1) is 11.8 Å². The average molecular weight is 216 g/mol. The smallest absolute Gasteiger partial charge is 0.339 e. The zero-order valence-corrected chi connectivity index (χ0v) is 8.21. The molecule has 0 amide bonds. The molecule has 0 saturated carbocycles. The van der Waals surface area contributed by atoms with Gasteiger partial charge >= 0.3 is 5.97 Å². The van der Waals surface area contributed by atoms with Crippen molar-refractivity contribution in [1.82, 2.24) is 0 Å². The van der Waals surface area contributed by atoms with Crippen molar-refractivity contribution in [2.45, 2.75) is 0 Å². The van der Waals surface area contributed by atoms with E-state index in [1.807, 2.05) is 0 Å². The standard InChI is InChI=1S/C10H8N4O2/c11-8-5-1-3-7(9(8)10(15)16)4-2-6-13-14-12/h1,3,5H,6,11H2,(H,15,16). The fourth-order valence-corrected chi connectivity index (χ4v) is 1.11. The third-order valence-electron chi connectivity index (χ3n) is 1.75. The predicted octanol–water partition coefficient (Wildman–Crippen LogP) is 1.63. The number of anilines is 1. The van der Waals surface area contributed by atoms with Gasteiger partial charge in [0.1, 0.15) is 0 Å². The third kappa shape index (κ3) is 2.67. The molecule has 0 heterocycles. The first kappa shape index (κ1) is 11.4. The number of nitrogens with zero attached hydrogens (tertiary/aromatic N) is 3. The molecular weight excluding hydrogens is 208 g/mol. The number of aromatic carboxylic acids is 1. The maximum atomic E-state index is 10.9. The summed E-state index contributed by atoms with van der Waals surface area (Å²) in [4.78, 5) is 13.4. The predicted molar refractivity (Wildman–Crippen MR) is 58.7 cm³/mol. The second kappa shape index (κ2) is 5.29. The van der Waals surface area contributed by atoms with Crippen LogP contribution in [0.4, 0.5) is 5.69 Å². The fourth-order valence-electron chi connectivity index (χ4n) is 1.11. The van der Waals surface area contributed by atoms with E-state index in [1.54, 1.807) is 12.1 Å². The number of hydrogen-bond donors (Lipinski definition) is 2. The van der Waals surface area contributed by atoms with Crippen LogP contribution >= 0.6 is 0 Å². The van der Waals surface area contributed by atoms with E-state index < -0.39 is 5.97 Å². The highest BCUT2D eigenvalue weighted by atomic mass is 16.4. The lowest BCUT2D eigenvalue weighted by molar-refractivity contribution is 0.0698. The highest BCUT2D eigenvalue weighted by Crippen LogP contribution is 2.15. The van der Waals surface area contributed by atoms with Gasteiger partial charge < -0.3 is 10.8 Å². The zero-order chi connectivity index (χ0) is 12.0. The van der Waals surface area contributed by atoms with Crippen molar-refractivity contribution >= 4 is 11.7 Å². The number of rotatable bonds is 2. The molecule has 1 rings (SSSR count). The topological polar surface area (TPSA) is 112 Å². The minimum atomic E-state index is -1.13. The van der Waals surface area contributed by atoms with Crippen molar-refractivity contribution < 1.29 is 9.90 Å². The molecule has 0 atom stereocenters. The maximum Gasteiger partial charge on any atom is 0.339 e. The first-order valence-corrected chi connectivity index (χ1v) is 4.28. The molecule has 6 heteroatoms. The Morgan fingerprint density at radius 1 is 1.62 bits per heavy atom. The lowest BCUT2D eigenvalue weighted by atomic mass is 10.1. The number of azide groups is 1. The van der Waals surface area contributed by atoms with Crippen molar-refractivity contribution in [2.75, 3.05) is 12.3 Å². The van der Waals surface area contributed by atoms with Crippen LogP contribution in [0.2, 0.25) is 0 Å². The van der Waals surface area contributed by atoms with Gasteiger partial charge in [0, 0.05) is 16.2 Å². The lowest BCUT2D eigenvalue weighted by Crippen LogP contribution is -2.05. The Labute approximate surface area is 91.3 Å². The fraction of sp³-hybridized carbons (Fsp3) is 0.100. The molecule has 3 N–H and O–H groups in total. The van der Waals surface area contributed by atoms with Gasteiger partial charge in [-0.2, -0.15) is 0 Å². The van der Waals surface area contributed by atoms with E-state index in [2.05, 4.69) is 21.9 Å². The summed E-state index contributed by atoms with van der Waals surface area (Å²) in [7, 11) is 0. The molecule has 0 aliphatic carbocycles. The van der Waals surface area contributed by atoms with Crippen LogP contribution in [0.1, 0.15) is 15.9 Å². The number of benzene rings is 1. The summed E-state index contributed by atoms with van der Waals surface area (Å²) < 4.78 is 0. The van der Waals surface area contributed by atoms with E-state index in [1.165, 1.54) is 6.07 Å². The van der Waals surface area contributed by atoms with Gasteiger partial charge in [-0.1, -0.05) is 23.0 Å². The summed E-state index contributed by atoms with van der Waals surface area (Å²) >= 11 is 0. The monoisotopic (exact) mass is 216 g/mol. The number of nitrogen functional groups attached to an aromatic ring is 1. The Morgan fingerprint density at radius 3 is 3.00 bits per heavy atom. The van der Waals surface area contributed by atoms with E-state index in [9.17, 15) is 4.79 Å². The molecule has 0 spiro atoms. The van der Waals surface area contributed by atoms with Gasteiger partial charge in [0.25, 0.3) is 0 Å². The molecule has 1 aromatic carbocycles. The molecule has 6 nitrogen and oxygen atoms in total. The van der Waals surface area contributed by atoms with Crippen molar-refractivity contribution in [1.29, 1.82) is 0 Å². The van der Waals surface area contributed by atoms with Gasteiger partial charge in [-0.15, -0.1) is 0 Å². The summed E-state index contributed by atoms with van der Waals surface area (Å²) in [5.74, 6) is 4.00. The molecule has 0 aliphatic rings. The van der Waals surface area contributed by atoms with E-state index in [4.69, 9.17) is 16.4 Å². The summed E-state index contributed by atoms with van der Waals surface area (Å²) in [6, 6.07) is 4.64. The Hall–Kier alpha value is -2.64. The van der Waals surface area contributed by atoms with Crippen LogP contribution in [-0.4, -0.2) is 17.6 Å². The number of hydrogen-bond acceptors (Lipinski definition) is 3. The van der Waals surface area contributed by atoms with E-state index in [0.717, 1.165) is 0 Å². The number of carboxylic acid groups (broad SMARTS) is 1. The van der Waals surface area contributed by atoms with Gasteiger partial charge in [0.15, 0.2) is 0 Å². The van der Waals surface area contributed by atoms with Gasteiger partial charge in [0.05, 0.1) is 12.1 Å². The van der Waals surface area contributed by atoms with E-state index >= 15 is 0 Å². The molecule has 0 saturated heterocycles. The van der Waals surface area contributed by atoms with E-state index in [0.29, 0.717) is 5.56 Å². The summed E-state index contributed by atoms with van der Waals surface area (Å²) in [6.07, 6.45) is 0. The molecule has 0 fully saturated rings. The quantitative estimate of drug-likeness (QED) is 0.257. The molecule has 0 aliphatic heterocycles. The van der Waals surface area contributed by atoms with Crippen molar-refractivity contribution in [3.63, 3.8) is 0 Å². The van der Waals surface area contributed by atoms with Crippen molar-refractivity contribution in [3.05, 3.63) is 39.8 Å². The first-order valence-electron chi connectivity index (χ1n) is 4.28. The normalized spacial score (nSPS) is 8.50. The molecule has 1 aromatic rings. The Kier molecular flexibility index (Phi) is 3.78. The molecular formula is C10H8N4O2. The van der Waals surface area contributed by atoms with Crippen LogP contribution in [0.15, 0.2) is 23.3 Å².